The number of hydrogen-bond acceptors (Lipinski definition) is 5. The fraction of sp³-hybridized carbons (Fsp3) is 0.517. The molecule has 2 aromatic carbocycles. The van der Waals surface area contributed by atoms with Crippen LogP contribution in [0.25, 0.3) is 0 Å². The number of halogens is 6. The van der Waals surface area contributed by atoms with Crippen LogP contribution in [-0.2, 0) is 10.4 Å². The van der Waals surface area contributed by atoms with Gasteiger partial charge in [0.2, 0.25) is 0 Å². The molecular formula is C29H32Cl2F4N4O3. The van der Waals surface area contributed by atoms with E-state index in [4.69, 9.17) is 23.2 Å². The maximum atomic E-state index is 14.2. The minimum atomic E-state index is -5.22. The zero-order valence-corrected chi connectivity index (χ0v) is 24.4. The van der Waals surface area contributed by atoms with Crippen molar-refractivity contribution in [2.75, 3.05) is 44.6 Å². The number of carbonyl (C=O) groups is 2. The van der Waals surface area contributed by atoms with Crippen LogP contribution in [0.2, 0.25) is 10.0 Å². The Bertz CT molecular complexity index is 1350. The second-order valence-electron chi connectivity index (χ2n) is 11.6. The molecule has 2 unspecified atom stereocenters. The van der Waals surface area contributed by atoms with Gasteiger partial charge in [-0.2, -0.15) is 13.2 Å². The number of aliphatic hydroxyl groups is 1. The molecule has 228 valence electrons. The van der Waals surface area contributed by atoms with E-state index < -0.39 is 28.9 Å². The van der Waals surface area contributed by atoms with E-state index in [1.165, 1.54) is 24.0 Å². The third-order valence-electron chi connectivity index (χ3n) is 8.42. The monoisotopic (exact) mass is 630 g/mol. The van der Waals surface area contributed by atoms with Crippen molar-refractivity contribution in [2.45, 2.75) is 55.7 Å². The highest BCUT2D eigenvalue weighted by atomic mass is 35.5. The minimum Gasteiger partial charge on any atom is -0.380 e. The fourth-order valence-corrected chi connectivity index (χ4v) is 6.42. The molecule has 0 aromatic heterocycles. The topological polar surface area (TPSA) is 76.1 Å². The van der Waals surface area contributed by atoms with Crippen LogP contribution < -0.4 is 5.32 Å². The van der Waals surface area contributed by atoms with Crippen LogP contribution in [0.4, 0.5) is 23.2 Å². The van der Waals surface area contributed by atoms with E-state index in [2.05, 4.69) is 10.2 Å². The Labute approximate surface area is 251 Å². The zero-order valence-electron chi connectivity index (χ0n) is 22.9. The number of nitrogens with one attached hydrogen (secondary N) is 1. The third-order valence-corrected chi connectivity index (χ3v) is 8.97. The minimum absolute atomic E-state index is 0.0119. The van der Waals surface area contributed by atoms with Crippen molar-refractivity contribution in [1.82, 2.24) is 14.7 Å². The van der Waals surface area contributed by atoms with Gasteiger partial charge in [-0.15, -0.1) is 0 Å². The lowest BCUT2D eigenvalue weighted by molar-refractivity contribution is -0.262. The number of rotatable bonds is 6. The molecule has 2 amide bonds. The molecule has 13 heteroatoms. The van der Waals surface area contributed by atoms with Gasteiger partial charge in [-0.05, 0) is 50.1 Å². The van der Waals surface area contributed by atoms with Crippen LogP contribution in [0.5, 0.6) is 0 Å². The van der Waals surface area contributed by atoms with Crippen molar-refractivity contribution in [2.24, 2.45) is 0 Å². The Morgan fingerprint density at radius 2 is 1.71 bits per heavy atom. The Morgan fingerprint density at radius 1 is 1.02 bits per heavy atom. The molecule has 3 saturated heterocycles. The largest absolute Gasteiger partial charge is 0.430 e. The fourth-order valence-electron chi connectivity index (χ4n) is 5.97. The first-order chi connectivity index (χ1) is 19.7. The first kappa shape index (κ1) is 30.8. The highest BCUT2D eigenvalue weighted by molar-refractivity contribution is 6.34. The van der Waals surface area contributed by atoms with Crippen LogP contribution >= 0.6 is 23.2 Å². The molecule has 2 aromatic rings. The van der Waals surface area contributed by atoms with Crippen molar-refractivity contribution < 1.29 is 32.3 Å². The van der Waals surface area contributed by atoms with E-state index in [-0.39, 0.29) is 47.7 Å². The van der Waals surface area contributed by atoms with E-state index >= 15 is 0 Å². The molecule has 0 radical (unpaired) electrons. The number of amides is 2. The van der Waals surface area contributed by atoms with Gasteiger partial charge in [0.1, 0.15) is 5.67 Å². The number of piperidine rings is 1. The Hall–Kier alpha value is -2.60. The van der Waals surface area contributed by atoms with Gasteiger partial charge < -0.3 is 20.2 Å². The van der Waals surface area contributed by atoms with Gasteiger partial charge in [-0.1, -0.05) is 35.3 Å². The Balaban J connectivity index is 1.13. The van der Waals surface area contributed by atoms with Crippen LogP contribution in [-0.4, -0.2) is 94.8 Å². The second kappa shape index (κ2) is 11.5. The van der Waals surface area contributed by atoms with E-state index in [0.717, 1.165) is 22.7 Å². The average molecular weight is 631 g/mol. The van der Waals surface area contributed by atoms with Crippen molar-refractivity contribution in [1.29, 1.82) is 0 Å². The standard InChI is InChI=1S/C29H32Cl2F4N4O3/c1-27(32)9-12-38(17-27)25(40)23-6-5-20(14-24(23)31)36-21-15-39(16-21)22-7-10-37(11-8-22)26(41)28(42,29(33,34)35)18-3-2-4-19(30)13-18/h2-6,13-14,21-22,36,42H,7-12,15-17H2,1H3. The van der Waals surface area contributed by atoms with Gasteiger partial charge in [-0.3, -0.25) is 14.5 Å². The number of likely N-dealkylation sites (tertiary alicyclic amines) is 3. The molecule has 0 aliphatic carbocycles. The van der Waals surface area contributed by atoms with Gasteiger partial charge in [0.05, 0.1) is 23.2 Å². The first-order valence-corrected chi connectivity index (χ1v) is 14.6. The first-order valence-electron chi connectivity index (χ1n) is 13.8. The summed E-state index contributed by atoms with van der Waals surface area (Å²) in [6.07, 6.45) is -3.99. The number of alkyl halides is 4. The molecule has 5 rings (SSSR count). The average Bonchev–Trinajstić information content (AvgIpc) is 3.28. The summed E-state index contributed by atoms with van der Waals surface area (Å²) in [5, 5.41) is 14.3. The maximum Gasteiger partial charge on any atom is 0.430 e. The number of carbonyl (C=O) groups excluding carboxylic acids is 2. The van der Waals surface area contributed by atoms with Crippen molar-refractivity contribution >= 4 is 40.7 Å². The molecule has 0 saturated carbocycles. The van der Waals surface area contributed by atoms with Gasteiger partial charge in [-0.25, -0.2) is 4.39 Å². The van der Waals surface area contributed by atoms with Crippen LogP contribution in [0.3, 0.4) is 0 Å². The van der Waals surface area contributed by atoms with Gasteiger partial charge in [0.15, 0.2) is 0 Å². The van der Waals surface area contributed by atoms with Gasteiger partial charge in [0.25, 0.3) is 17.4 Å². The molecule has 42 heavy (non-hydrogen) atoms. The van der Waals surface area contributed by atoms with Gasteiger partial charge >= 0.3 is 6.18 Å². The number of nitrogens with zero attached hydrogens (tertiary/aromatic N) is 3. The summed E-state index contributed by atoms with van der Waals surface area (Å²) in [6, 6.07) is 9.90. The maximum absolute atomic E-state index is 14.2. The second-order valence-corrected chi connectivity index (χ2v) is 12.5. The molecule has 0 bridgehead atoms. The summed E-state index contributed by atoms with van der Waals surface area (Å²) in [5.74, 6) is -1.70. The van der Waals surface area contributed by atoms with Crippen molar-refractivity contribution in [3.63, 3.8) is 0 Å². The van der Waals surface area contributed by atoms with E-state index in [1.54, 1.807) is 18.2 Å². The predicted octanol–water partition coefficient (Wildman–Crippen LogP) is 5.10. The quantitative estimate of drug-likeness (QED) is 0.434. The van der Waals surface area contributed by atoms with Crippen LogP contribution in [0.1, 0.15) is 42.1 Å². The van der Waals surface area contributed by atoms with E-state index in [0.29, 0.717) is 44.5 Å². The summed E-state index contributed by atoms with van der Waals surface area (Å²) in [6.45, 7) is 3.41. The van der Waals surface area contributed by atoms with Gasteiger partial charge in [0, 0.05) is 61.5 Å². The lowest BCUT2D eigenvalue weighted by Crippen LogP contribution is -2.62. The highest BCUT2D eigenvalue weighted by Gasteiger charge is 2.62. The number of benzene rings is 2. The summed E-state index contributed by atoms with van der Waals surface area (Å²) < 4.78 is 56.2. The lowest BCUT2D eigenvalue weighted by Gasteiger charge is -2.48. The smallest absolute Gasteiger partial charge is 0.380 e. The summed E-state index contributed by atoms with van der Waals surface area (Å²) >= 11 is 12.2. The number of anilines is 1. The molecule has 2 N–H and O–H groups in total. The summed E-state index contributed by atoms with van der Waals surface area (Å²) in [4.78, 5) is 30.5. The SMILES string of the molecule is CC1(F)CCN(C(=O)c2ccc(NC3CN(C4CCN(C(=O)C(O)(c5cccc(Cl)c5)C(F)(F)F)CC4)C3)cc2Cl)C1. The molecule has 2 atom stereocenters. The number of hydrogen-bond donors (Lipinski definition) is 2. The zero-order chi connectivity index (χ0) is 30.4. The molecule has 3 heterocycles. The van der Waals surface area contributed by atoms with Crippen molar-refractivity contribution in [3.05, 3.63) is 63.6 Å². The molecule has 3 fully saturated rings. The molecule has 7 nitrogen and oxygen atoms in total. The summed E-state index contributed by atoms with van der Waals surface area (Å²) in [5.41, 5.74) is -4.62. The van der Waals surface area contributed by atoms with Crippen LogP contribution in [0.15, 0.2) is 42.5 Å². The molecule has 3 aliphatic rings. The summed E-state index contributed by atoms with van der Waals surface area (Å²) in [7, 11) is 0. The Morgan fingerprint density at radius 3 is 2.29 bits per heavy atom. The highest BCUT2D eigenvalue weighted by Crippen LogP contribution is 2.42. The molecule has 0 spiro atoms. The van der Waals surface area contributed by atoms with Crippen molar-refractivity contribution in [3.8, 4) is 0 Å². The normalized spacial score (nSPS) is 23.9. The predicted molar refractivity (Wildman–Crippen MR) is 151 cm³/mol. The Kier molecular flexibility index (Phi) is 8.43. The molecule has 3 aliphatic heterocycles. The lowest BCUT2D eigenvalue weighted by atomic mass is 9.89. The third kappa shape index (κ3) is 6.06. The van der Waals surface area contributed by atoms with E-state index in [1.807, 2.05) is 0 Å². The van der Waals surface area contributed by atoms with E-state index in [9.17, 15) is 32.3 Å². The molecular weight excluding hydrogens is 599 g/mol. The van der Waals surface area contributed by atoms with Crippen LogP contribution in [0, 0.1) is 0 Å².